The van der Waals surface area contributed by atoms with Gasteiger partial charge in [0, 0.05) is 12.8 Å². The molecule has 3 atom stereocenters. The van der Waals surface area contributed by atoms with E-state index in [1.165, 1.54) is 6.92 Å². The maximum atomic E-state index is 10.7. The Labute approximate surface area is 95.6 Å². The molecule has 1 saturated heterocycles. The van der Waals surface area contributed by atoms with Crippen molar-refractivity contribution >= 4 is 5.97 Å². The molecule has 2 rings (SSSR count). The molecule has 0 N–H and O–H groups in total. The van der Waals surface area contributed by atoms with E-state index in [1.54, 1.807) is 0 Å². The molecule has 16 heavy (non-hydrogen) atoms. The average Bonchev–Trinajstić information content (AvgIpc) is 2.76. The van der Waals surface area contributed by atoms with Crippen molar-refractivity contribution in [1.82, 2.24) is 0 Å². The van der Waals surface area contributed by atoms with Gasteiger partial charge in [-0.15, -0.1) is 0 Å². The number of allylic oxidation sites excluding steroid dienone is 2. The van der Waals surface area contributed by atoms with Gasteiger partial charge in [0.15, 0.2) is 6.29 Å². The third-order valence-corrected chi connectivity index (χ3v) is 2.94. The van der Waals surface area contributed by atoms with Crippen LogP contribution in [0.1, 0.15) is 26.2 Å². The summed E-state index contributed by atoms with van der Waals surface area (Å²) in [5.41, 5.74) is 0. The van der Waals surface area contributed by atoms with Gasteiger partial charge >= 0.3 is 5.97 Å². The monoisotopic (exact) mass is 226 g/mol. The van der Waals surface area contributed by atoms with E-state index in [4.69, 9.17) is 14.2 Å². The predicted octanol–water partition coefficient (Wildman–Crippen LogP) is 1.65. The minimum Gasteiger partial charge on any atom is -0.463 e. The first-order chi connectivity index (χ1) is 7.75. The van der Waals surface area contributed by atoms with Crippen molar-refractivity contribution in [2.45, 2.75) is 38.6 Å². The molecule has 1 aliphatic heterocycles. The van der Waals surface area contributed by atoms with Gasteiger partial charge in [-0.2, -0.15) is 0 Å². The molecule has 1 heterocycles. The quantitative estimate of drug-likeness (QED) is 0.542. The Balaban J connectivity index is 1.74. The zero-order valence-electron chi connectivity index (χ0n) is 9.56. The summed E-state index contributed by atoms with van der Waals surface area (Å²) in [5, 5.41) is 0. The summed E-state index contributed by atoms with van der Waals surface area (Å²) in [6, 6.07) is 0. The molecule has 90 valence electrons. The van der Waals surface area contributed by atoms with Crippen molar-refractivity contribution < 1.29 is 19.0 Å². The zero-order valence-corrected chi connectivity index (χ0v) is 9.56. The van der Waals surface area contributed by atoms with Gasteiger partial charge in [-0.05, 0) is 19.3 Å². The standard InChI is InChI=1S/C12H18O4/c1-9(13)14-7-11-8-15-12(16-11)10-5-3-2-4-6-10/h2-3,10-12H,4-8H2,1H3/t10-,11+,12-/m0/s1. The minimum absolute atomic E-state index is 0.0974. The summed E-state index contributed by atoms with van der Waals surface area (Å²) in [7, 11) is 0. The summed E-state index contributed by atoms with van der Waals surface area (Å²) >= 11 is 0. The predicted molar refractivity (Wildman–Crippen MR) is 57.7 cm³/mol. The smallest absolute Gasteiger partial charge is 0.302 e. The second kappa shape index (κ2) is 5.46. The lowest BCUT2D eigenvalue weighted by atomic mass is 9.94. The zero-order chi connectivity index (χ0) is 11.4. The van der Waals surface area contributed by atoms with Crippen molar-refractivity contribution in [3.05, 3.63) is 12.2 Å². The van der Waals surface area contributed by atoms with E-state index < -0.39 is 0 Å². The molecular weight excluding hydrogens is 208 g/mol. The van der Waals surface area contributed by atoms with Crippen LogP contribution in [0.5, 0.6) is 0 Å². The second-order valence-electron chi connectivity index (χ2n) is 4.31. The highest BCUT2D eigenvalue weighted by atomic mass is 16.7. The van der Waals surface area contributed by atoms with E-state index in [9.17, 15) is 4.79 Å². The molecule has 0 bridgehead atoms. The Kier molecular flexibility index (Phi) is 3.96. The van der Waals surface area contributed by atoms with Crippen molar-refractivity contribution in [2.24, 2.45) is 5.92 Å². The third-order valence-electron chi connectivity index (χ3n) is 2.94. The van der Waals surface area contributed by atoms with E-state index >= 15 is 0 Å². The molecule has 0 aromatic carbocycles. The Morgan fingerprint density at radius 3 is 3.06 bits per heavy atom. The Hall–Kier alpha value is -0.870. The van der Waals surface area contributed by atoms with Crippen LogP contribution in [0.3, 0.4) is 0 Å². The number of rotatable bonds is 3. The van der Waals surface area contributed by atoms with Crippen LogP contribution in [-0.2, 0) is 19.0 Å². The average molecular weight is 226 g/mol. The van der Waals surface area contributed by atoms with Crippen LogP contribution < -0.4 is 0 Å². The lowest BCUT2D eigenvalue weighted by molar-refractivity contribution is -0.147. The van der Waals surface area contributed by atoms with Gasteiger partial charge in [-0.1, -0.05) is 12.2 Å². The van der Waals surface area contributed by atoms with E-state index in [1.807, 2.05) is 0 Å². The van der Waals surface area contributed by atoms with Gasteiger partial charge in [0.25, 0.3) is 0 Å². The van der Waals surface area contributed by atoms with Crippen molar-refractivity contribution in [3.8, 4) is 0 Å². The first-order valence-electron chi connectivity index (χ1n) is 5.81. The van der Waals surface area contributed by atoms with Gasteiger partial charge in [-0.25, -0.2) is 0 Å². The van der Waals surface area contributed by atoms with Gasteiger partial charge in [0.1, 0.15) is 12.7 Å². The molecule has 0 unspecified atom stereocenters. The first-order valence-corrected chi connectivity index (χ1v) is 5.81. The number of hydrogen-bond acceptors (Lipinski definition) is 4. The molecule has 1 aliphatic carbocycles. The van der Waals surface area contributed by atoms with Crippen LogP contribution in [0.15, 0.2) is 12.2 Å². The summed E-state index contributed by atoms with van der Waals surface area (Å²) in [4.78, 5) is 10.7. The summed E-state index contributed by atoms with van der Waals surface area (Å²) in [5.74, 6) is 0.181. The topological polar surface area (TPSA) is 44.8 Å². The molecule has 1 fully saturated rings. The van der Waals surface area contributed by atoms with Crippen LogP contribution >= 0.6 is 0 Å². The van der Waals surface area contributed by atoms with Crippen LogP contribution in [0, 0.1) is 5.92 Å². The second-order valence-corrected chi connectivity index (χ2v) is 4.31. The lowest BCUT2D eigenvalue weighted by Gasteiger charge is -2.23. The number of carbonyl (C=O) groups excluding carboxylic acids is 1. The van der Waals surface area contributed by atoms with Crippen LogP contribution in [0.25, 0.3) is 0 Å². The van der Waals surface area contributed by atoms with E-state index in [2.05, 4.69) is 12.2 Å². The van der Waals surface area contributed by atoms with Crippen molar-refractivity contribution in [2.75, 3.05) is 13.2 Å². The Bertz CT molecular complexity index is 274. The number of carbonyl (C=O) groups is 1. The van der Waals surface area contributed by atoms with Crippen molar-refractivity contribution in [3.63, 3.8) is 0 Å². The Morgan fingerprint density at radius 1 is 1.50 bits per heavy atom. The van der Waals surface area contributed by atoms with Crippen LogP contribution in [-0.4, -0.2) is 31.6 Å². The minimum atomic E-state index is -0.271. The molecule has 0 aromatic heterocycles. The highest BCUT2D eigenvalue weighted by molar-refractivity contribution is 5.65. The fraction of sp³-hybridized carbons (Fsp3) is 0.750. The van der Waals surface area contributed by atoms with Crippen LogP contribution in [0.4, 0.5) is 0 Å². The van der Waals surface area contributed by atoms with Crippen molar-refractivity contribution in [1.29, 1.82) is 0 Å². The van der Waals surface area contributed by atoms with E-state index in [0.29, 0.717) is 19.1 Å². The summed E-state index contributed by atoms with van der Waals surface area (Å²) in [6.07, 6.45) is 7.39. The summed E-state index contributed by atoms with van der Waals surface area (Å²) < 4.78 is 16.2. The molecule has 0 aromatic rings. The maximum absolute atomic E-state index is 10.7. The van der Waals surface area contributed by atoms with Gasteiger partial charge in [0.05, 0.1) is 6.61 Å². The SMILES string of the molecule is CC(=O)OC[C@@H]1CO[C@H]([C@H]2CC=CCC2)O1. The molecule has 0 saturated carbocycles. The number of ether oxygens (including phenoxy) is 3. The fourth-order valence-electron chi connectivity index (χ4n) is 2.08. The fourth-order valence-corrected chi connectivity index (χ4v) is 2.08. The molecule has 2 aliphatic rings. The normalized spacial score (nSPS) is 33.9. The highest BCUT2D eigenvalue weighted by Crippen LogP contribution is 2.28. The molecule has 0 amide bonds. The third kappa shape index (κ3) is 3.06. The van der Waals surface area contributed by atoms with Gasteiger partial charge in [-0.3, -0.25) is 4.79 Å². The molecule has 0 radical (unpaired) electrons. The summed E-state index contributed by atoms with van der Waals surface area (Å²) in [6.45, 7) is 2.23. The molecule has 0 spiro atoms. The molecule has 4 heteroatoms. The van der Waals surface area contributed by atoms with E-state index in [0.717, 1.165) is 19.3 Å². The first kappa shape index (κ1) is 11.6. The van der Waals surface area contributed by atoms with Gasteiger partial charge in [0.2, 0.25) is 0 Å². The largest absolute Gasteiger partial charge is 0.463 e. The number of esters is 1. The van der Waals surface area contributed by atoms with Crippen LogP contribution in [0.2, 0.25) is 0 Å². The molecule has 4 nitrogen and oxygen atoms in total. The lowest BCUT2D eigenvalue weighted by Crippen LogP contribution is -2.25. The van der Waals surface area contributed by atoms with Gasteiger partial charge < -0.3 is 14.2 Å². The van der Waals surface area contributed by atoms with E-state index in [-0.39, 0.29) is 18.4 Å². The molecular formula is C12H18O4. The Morgan fingerprint density at radius 2 is 2.38 bits per heavy atom. The highest BCUT2D eigenvalue weighted by Gasteiger charge is 2.32. The number of hydrogen-bond donors (Lipinski definition) is 0. The maximum Gasteiger partial charge on any atom is 0.302 e.